The predicted octanol–water partition coefficient (Wildman–Crippen LogP) is 2.98. The van der Waals surface area contributed by atoms with Gasteiger partial charge in [-0.15, -0.1) is 0 Å². The van der Waals surface area contributed by atoms with E-state index in [2.05, 4.69) is 10.0 Å². The standard InChI is InChI=1S/C20H20FN3O4S/c1-29(27,28)23-18-13-15(7-10-17(18)21)22-19(25)11-6-14-4-8-16(9-5-14)24-12-2-3-20(24)26/h4-11,13,23H,2-3,12H2,1H3,(H,22,25)/b11-6+. The molecule has 2 N–H and O–H groups in total. The SMILES string of the molecule is CS(=O)(=O)Nc1cc(NC(=O)/C=C/c2ccc(N3CCCC3=O)cc2)ccc1F. The molecule has 2 aromatic rings. The van der Waals surface area contributed by atoms with Crippen molar-refractivity contribution in [1.29, 1.82) is 0 Å². The molecule has 7 nitrogen and oxygen atoms in total. The number of benzene rings is 2. The molecule has 0 saturated carbocycles. The smallest absolute Gasteiger partial charge is 0.248 e. The number of hydrogen-bond acceptors (Lipinski definition) is 4. The van der Waals surface area contributed by atoms with Crippen LogP contribution in [0.3, 0.4) is 0 Å². The molecule has 0 bridgehead atoms. The molecule has 0 unspecified atom stereocenters. The van der Waals surface area contributed by atoms with E-state index < -0.39 is 21.7 Å². The van der Waals surface area contributed by atoms with Crippen LogP contribution < -0.4 is 14.9 Å². The van der Waals surface area contributed by atoms with E-state index in [0.29, 0.717) is 13.0 Å². The minimum absolute atomic E-state index is 0.108. The van der Waals surface area contributed by atoms with E-state index in [4.69, 9.17) is 0 Å². The fourth-order valence-corrected chi connectivity index (χ4v) is 3.48. The average Bonchev–Trinajstić information content (AvgIpc) is 3.08. The lowest BCUT2D eigenvalue weighted by molar-refractivity contribution is -0.117. The maximum Gasteiger partial charge on any atom is 0.248 e. The molecule has 0 aliphatic carbocycles. The molecule has 1 heterocycles. The van der Waals surface area contributed by atoms with E-state index in [1.807, 2.05) is 12.1 Å². The highest BCUT2D eigenvalue weighted by molar-refractivity contribution is 7.92. The Hall–Kier alpha value is -3.20. The molecule has 1 aliphatic heterocycles. The number of nitrogens with zero attached hydrogens (tertiary/aromatic N) is 1. The minimum atomic E-state index is -3.65. The topological polar surface area (TPSA) is 95.6 Å². The van der Waals surface area contributed by atoms with Crippen molar-refractivity contribution in [2.75, 3.05) is 27.7 Å². The Morgan fingerprint density at radius 1 is 1.17 bits per heavy atom. The number of halogens is 1. The molecule has 2 aromatic carbocycles. The second kappa shape index (κ2) is 8.44. The van der Waals surface area contributed by atoms with Gasteiger partial charge in [0.2, 0.25) is 21.8 Å². The van der Waals surface area contributed by atoms with Gasteiger partial charge >= 0.3 is 0 Å². The number of sulfonamides is 1. The van der Waals surface area contributed by atoms with Crippen molar-refractivity contribution in [3.63, 3.8) is 0 Å². The summed E-state index contributed by atoms with van der Waals surface area (Å²) in [4.78, 5) is 25.6. The molecule has 3 rings (SSSR count). The molecule has 0 aromatic heterocycles. The van der Waals surface area contributed by atoms with E-state index in [1.54, 1.807) is 23.1 Å². The molecule has 0 atom stereocenters. The Morgan fingerprint density at radius 3 is 2.52 bits per heavy atom. The highest BCUT2D eigenvalue weighted by Crippen LogP contribution is 2.22. The van der Waals surface area contributed by atoms with E-state index in [-0.39, 0.29) is 17.3 Å². The van der Waals surface area contributed by atoms with Crippen LogP contribution in [0.5, 0.6) is 0 Å². The number of amides is 2. The van der Waals surface area contributed by atoms with Crippen LogP contribution in [0.2, 0.25) is 0 Å². The monoisotopic (exact) mass is 417 g/mol. The largest absolute Gasteiger partial charge is 0.322 e. The third-order valence-corrected chi connectivity index (χ3v) is 4.83. The van der Waals surface area contributed by atoms with Crippen molar-refractivity contribution < 1.29 is 22.4 Å². The first-order valence-electron chi connectivity index (χ1n) is 8.88. The fourth-order valence-electron chi connectivity index (χ4n) is 2.92. The maximum absolute atomic E-state index is 13.7. The highest BCUT2D eigenvalue weighted by Gasteiger charge is 2.21. The second-order valence-corrected chi connectivity index (χ2v) is 8.38. The number of rotatable bonds is 6. The van der Waals surface area contributed by atoms with Gasteiger partial charge in [-0.3, -0.25) is 14.3 Å². The van der Waals surface area contributed by atoms with Gasteiger partial charge in [-0.1, -0.05) is 12.1 Å². The number of hydrogen-bond donors (Lipinski definition) is 2. The first kappa shape index (κ1) is 20.5. The summed E-state index contributed by atoms with van der Waals surface area (Å²) in [5, 5.41) is 2.55. The van der Waals surface area contributed by atoms with Crippen molar-refractivity contribution in [3.8, 4) is 0 Å². The normalized spacial score (nSPS) is 14.4. The van der Waals surface area contributed by atoms with Crippen LogP contribution >= 0.6 is 0 Å². The molecule has 152 valence electrons. The summed E-state index contributed by atoms with van der Waals surface area (Å²) in [5.41, 5.74) is 1.59. The Morgan fingerprint density at radius 2 is 1.90 bits per heavy atom. The quantitative estimate of drug-likeness (QED) is 0.707. The van der Waals surface area contributed by atoms with Gasteiger partial charge in [0.25, 0.3) is 0 Å². The van der Waals surface area contributed by atoms with E-state index in [9.17, 15) is 22.4 Å². The van der Waals surface area contributed by atoms with Crippen molar-refractivity contribution in [3.05, 3.63) is 59.9 Å². The summed E-state index contributed by atoms with van der Waals surface area (Å²) in [6.45, 7) is 0.713. The summed E-state index contributed by atoms with van der Waals surface area (Å²) in [7, 11) is -3.65. The van der Waals surface area contributed by atoms with E-state index in [0.717, 1.165) is 30.0 Å². The fraction of sp³-hybridized carbons (Fsp3) is 0.200. The molecular weight excluding hydrogens is 397 g/mol. The Bertz CT molecular complexity index is 1070. The van der Waals surface area contributed by atoms with Crippen LogP contribution in [0.4, 0.5) is 21.5 Å². The van der Waals surface area contributed by atoms with Crippen LogP contribution in [-0.4, -0.2) is 33.0 Å². The number of carbonyl (C=O) groups excluding carboxylic acids is 2. The first-order valence-corrected chi connectivity index (χ1v) is 10.8. The lowest BCUT2D eigenvalue weighted by atomic mass is 10.2. The minimum Gasteiger partial charge on any atom is -0.322 e. The molecule has 1 fully saturated rings. The molecule has 0 spiro atoms. The zero-order valence-electron chi connectivity index (χ0n) is 15.7. The van der Waals surface area contributed by atoms with E-state index >= 15 is 0 Å². The zero-order valence-corrected chi connectivity index (χ0v) is 16.5. The molecule has 1 aliphatic rings. The zero-order chi connectivity index (χ0) is 21.0. The van der Waals surface area contributed by atoms with Crippen molar-refractivity contribution in [2.45, 2.75) is 12.8 Å². The van der Waals surface area contributed by atoms with Gasteiger partial charge < -0.3 is 10.2 Å². The molecule has 29 heavy (non-hydrogen) atoms. The number of carbonyl (C=O) groups is 2. The summed E-state index contributed by atoms with van der Waals surface area (Å²) < 4.78 is 38.3. The Labute approximate surface area is 168 Å². The van der Waals surface area contributed by atoms with Crippen molar-refractivity contribution in [2.24, 2.45) is 0 Å². The van der Waals surface area contributed by atoms with Crippen LogP contribution in [0.1, 0.15) is 18.4 Å². The van der Waals surface area contributed by atoms with Gasteiger partial charge in [0, 0.05) is 30.4 Å². The van der Waals surface area contributed by atoms with Gasteiger partial charge in [-0.2, -0.15) is 0 Å². The lowest BCUT2D eigenvalue weighted by Gasteiger charge is -2.15. The summed E-state index contributed by atoms with van der Waals surface area (Å²) in [6.07, 6.45) is 5.23. The molecule has 9 heteroatoms. The molecule has 0 radical (unpaired) electrons. The van der Waals surface area contributed by atoms with Crippen molar-refractivity contribution in [1.82, 2.24) is 0 Å². The summed E-state index contributed by atoms with van der Waals surface area (Å²) in [5.74, 6) is -1.10. The van der Waals surface area contributed by atoms with Gasteiger partial charge in [-0.05, 0) is 48.4 Å². The third kappa shape index (κ3) is 5.64. The van der Waals surface area contributed by atoms with Crippen LogP contribution in [0.15, 0.2) is 48.5 Å². The molecule has 2 amide bonds. The second-order valence-electron chi connectivity index (χ2n) is 6.63. The van der Waals surface area contributed by atoms with Gasteiger partial charge in [0.05, 0.1) is 11.9 Å². The first-order chi connectivity index (χ1) is 13.7. The van der Waals surface area contributed by atoms with Crippen molar-refractivity contribution >= 4 is 45.0 Å². The van der Waals surface area contributed by atoms with Crippen LogP contribution in [-0.2, 0) is 19.6 Å². The Balaban J connectivity index is 1.64. The third-order valence-electron chi connectivity index (χ3n) is 4.23. The van der Waals surface area contributed by atoms with Gasteiger partial charge in [0.1, 0.15) is 5.82 Å². The maximum atomic E-state index is 13.7. The molecular formula is C20H20FN3O4S. The predicted molar refractivity (Wildman–Crippen MR) is 111 cm³/mol. The van der Waals surface area contributed by atoms with Crippen LogP contribution in [0, 0.1) is 5.82 Å². The molecule has 1 saturated heterocycles. The lowest BCUT2D eigenvalue weighted by Crippen LogP contribution is -2.23. The van der Waals surface area contributed by atoms with Gasteiger partial charge in [0.15, 0.2) is 0 Å². The summed E-state index contributed by atoms with van der Waals surface area (Å²) >= 11 is 0. The Kier molecular flexibility index (Phi) is 5.97. The summed E-state index contributed by atoms with van der Waals surface area (Å²) in [6, 6.07) is 10.8. The number of nitrogens with one attached hydrogen (secondary N) is 2. The van der Waals surface area contributed by atoms with Gasteiger partial charge in [-0.25, -0.2) is 12.8 Å². The van der Waals surface area contributed by atoms with E-state index in [1.165, 1.54) is 18.2 Å². The van der Waals surface area contributed by atoms with Crippen LogP contribution in [0.25, 0.3) is 6.08 Å². The number of anilines is 3. The average molecular weight is 417 g/mol. The highest BCUT2D eigenvalue weighted by atomic mass is 32.2.